The van der Waals surface area contributed by atoms with Gasteiger partial charge in [0.1, 0.15) is 5.82 Å². The summed E-state index contributed by atoms with van der Waals surface area (Å²) in [6.07, 6.45) is 0.934. The molecule has 8 heteroatoms. The highest BCUT2D eigenvalue weighted by atomic mass is 32.1. The molecule has 0 atom stereocenters. The molecule has 0 N–H and O–H groups in total. The summed E-state index contributed by atoms with van der Waals surface area (Å²) in [6, 6.07) is 13.9. The highest BCUT2D eigenvalue weighted by Gasteiger charge is 2.22. The van der Waals surface area contributed by atoms with E-state index in [1.807, 2.05) is 35.0 Å². The second kappa shape index (κ2) is 12.5. The third-order valence-electron chi connectivity index (χ3n) is 4.93. The molecule has 3 rings (SSSR count). The van der Waals surface area contributed by atoms with E-state index in [1.54, 1.807) is 40.4 Å². The standard InChI is InChI=1S/C24H27FN2O3S2/c1-30-12-4-11-26(23(28)15-21-5-2-13-31-21)18-24(29)27(17-22-6-3-14-32-22)16-19-7-9-20(25)10-8-19/h2-3,5-10,13-14H,4,11-12,15-18H2,1H3. The van der Waals surface area contributed by atoms with Crippen molar-refractivity contribution >= 4 is 34.5 Å². The molecule has 0 unspecified atom stereocenters. The van der Waals surface area contributed by atoms with Gasteiger partial charge >= 0.3 is 0 Å². The maximum Gasteiger partial charge on any atom is 0.242 e. The van der Waals surface area contributed by atoms with Gasteiger partial charge in [-0.25, -0.2) is 4.39 Å². The predicted octanol–water partition coefficient (Wildman–Crippen LogP) is 4.59. The molecular weight excluding hydrogens is 447 g/mol. The van der Waals surface area contributed by atoms with Crippen LogP contribution < -0.4 is 0 Å². The molecule has 0 radical (unpaired) electrons. The summed E-state index contributed by atoms with van der Waals surface area (Å²) < 4.78 is 18.4. The monoisotopic (exact) mass is 474 g/mol. The second-order valence-corrected chi connectivity index (χ2v) is 9.44. The quantitative estimate of drug-likeness (QED) is 0.361. The molecule has 0 aliphatic rings. The number of benzene rings is 1. The topological polar surface area (TPSA) is 49.9 Å². The maximum atomic E-state index is 13.3. The third kappa shape index (κ3) is 7.55. The van der Waals surface area contributed by atoms with Crippen LogP contribution in [0.5, 0.6) is 0 Å². The Morgan fingerprint density at radius 1 is 0.906 bits per heavy atom. The fourth-order valence-corrected chi connectivity index (χ4v) is 4.68. The van der Waals surface area contributed by atoms with Gasteiger partial charge in [-0.3, -0.25) is 9.59 Å². The lowest BCUT2D eigenvalue weighted by Gasteiger charge is -2.28. The largest absolute Gasteiger partial charge is 0.385 e. The number of nitrogens with zero attached hydrogens (tertiary/aromatic N) is 2. The Morgan fingerprint density at radius 2 is 1.59 bits per heavy atom. The van der Waals surface area contributed by atoms with Crippen LogP contribution in [0, 0.1) is 5.82 Å². The average molecular weight is 475 g/mol. The zero-order chi connectivity index (χ0) is 22.8. The van der Waals surface area contributed by atoms with Crippen molar-refractivity contribution < 1.29 is 18.7 Å². The van der Waals surface area contributed by atoms with Crippen molar-refractivity contribution in [3.05, 3.63) is 80.4 Å². The van der Waals surface area contributed by atoms with Crippen LogP contribution >= 0.6 is 22.7 Å². The van der Waals surface area contributed by atoms with Crippen LogP contribution in [0.3, 0.4) is 0 Å². The number of halogens is 1. The summed E-state index contributed by atoms with van der Waals surface area (Å²) in [4.78, 5) is 31.6. The van der Waals surface area contributed by atoms with Gasteiger partial charge in [-0.1, -0.05) is 24.3 Å². The molecule has 0 saturated carbocycles. The number of hydrogen-bond acceptors (Lipinski definition) is 5. The van der Waals surface area contributed by atoms with Gasteiger partial charge in [-0.05, 0) is 47.0 Å². The smallest absolute Gasteiger partial charge is 0.242 e. The van der Waals surface area contributed by atoms with Gasteiger partial charge < -0.3 is 14.5 Å². The van der Waals surface area contributed by atoms with Gasteiger partial charge in [0.05, 0.1) is 19.5 Å². The minimum absolute atomic E-state index is 0.000489. The van der Waals surface area contributed by atoms with Crippen molar-refractivity contribution in [2.24, 2.45) is 0 Å². The molecule has 2 heterocycles. The van der Waals surface area contributed by atoms with E-state index in [9.17, 15) is 14.0 Å². The number of carbonyl (C=O) groups excluding carboxylic acids is 2. The number of methoxy groups -OCH3 is 1. The second-order valence-electron chi connectivity index (χ2n) is 7.37. The van der Waals surface area contributed by atoms with Crippen molar-refractivity contribution in [1.82, 2.24) is 9.80 Å². The van der Waals surface area contributed by atoms with Gasteiger partial charge in [-0.2, -0.15) is 0 Å². The van der Waals surface area contributed by atoms with Crippen molar-refractivity contribution in [1.29, 1.82) is 0 Å². The number of thiophene rings is 2. The third-order valence-corrected chi connectivity index (χ3v) is 6.66. The van der Waals surface area contributed by atoms with E-state index in [2.05, 4.69) is 0 Å². The normalized spacial score (nSPS) is 10.8. The Bertz CT molecular complexity index is 960. The van der Waals surface area contributed by atoms with Crippen LogP contribution in [0.4, 0.5) is 4.39 Å². The minimum atomic E-state index is -0.312. The van der Waals surface area contributed by atoms with Crippen LogP contribution in [0.1, 0.15) is 21.7 Å². The first kappa shape index (κ1) is 24.1. The molecular formula is C24H27FN2O3S2. The molecule has 0 saturated heterocycles. The van der Waals surface area contributed by atoms with Crippen LogP contribution in [-0.2, 0) is 33.8 Å². The lowest BCUT2D eigenvalue weighted by molar-refractivity contribution is -0.141. The number of ether oxygens (including phenoxy) is 1. The highest BCUT2D eigenvalue weighted by molar-refractivity contribution is 7.10. The Morgan fingerprint density at radius 3 is 2.22 bits per heavy atom. The van der Waals surface area contributed by atoms with Crippen molar-refractivity contribution in [2.75, 3.05) is 26.8 Å². The first-order chi connectivity index (χ1) is 15.5. The summed E-state index contributed by atoms with van der Waals surface area (Å²) in [5, 5.41) is 3.91. The summed E-state index contributed by atoms with van der Waals surface area (Å²) in [7, 11) is 1.62. The van der Waals surface area contributed by atoms with E-state index >= 15 is 0 Å². The van der Waals surface area contributed by atoms with Crippen LogP contribution in [0.15, 0.2) is 59.3 Å². The van der Waals surface area contributed by atoms with Crippen LogP contribution in [-0.4, -0.2) is 48.4 Å². The van der Waals surface area contributed by atoms with Gasteiger partial charge in [0.2, 0.25) is 11.8 Å². The Labute approximate surface area is 196 Å². The number of rotatable bonds is 12. The molecule has 1 aromatic carbocycles. The molecule has 0 fully saturated rings. The molecule has 0 spiro atoms. The van der Waals surface area contributed by atoms with Crippen LogP contribution in [0.2, 0.25) is 0 Å². The van der Waals surface area contributed by atoms with Crippen molar-refractivity contribution in [3.63, 3.8) is 0 Å². The lowest BCUT2D eigenvalue weighted by Crippen LogP contribution is -2.43. The first-order valence-electron chi connectivity index (χ1n) is 10.4. The van der Waals surface area contributed by atoms with E-state index in [0.717, 1.165) is 15.3 Å². The van der Waals surface area contributed by atoms with E-state index in [4.69, 9.17) is 4.74 Å². The zero-order valence-corrected chi connectivity index (χ0v) is 19.7. The molecule has 3 aromatic rings. The van der Waals surface area contributed by atoms with Crippen LogP contribution in [0.25, 0.3) is 0 Å². The van der Waals surface area contributed by atoms with Crippen molar-refractivity contribution in [3.8, 4) is 0 Å². The van der Waals surface area contributed by atoms with Gasteiger partial charge in [0, 0.05) is 36.6 Å². The van der Waals surface area contributed by atoms with Gasteiger partial charge in [0.15, 0.2) is 0 Å². The van der Waals surface area contributed by atoms with Gasteiger partial charge in [0.25, 0.3) is 0 Å². The Hall–Kier alpha value is -2.55. The predicted molar refractivity (Wildman–Crippen MR) is 126 cm³/mol. The van der Waals surface area contributed by atoms with Crippen molar-refractivity contribution in [2.45, 2.75) is 25.9 Å². The molecule has 32 heavy (non-hydrogen) atoms. The van der Waals surface area contributed by atoms with Gasteiger partial charge in [-0.15, -0.1) is 22.7 Å². The minimum Gasteiger partial charge on any atom is -0.385 e. The summed E-state index contributed by atoms with van der Waals surface area (Å²) in [5.74, 6) is -0.525. The van der Waals surface area contributed by atoms with E-state index in [0.29, 0.717) is 32.7 Å². The highest BCUT2D eigenvalue weighted by Crippen LogP contribution is 2.16. The molecule has 0 aliphatic carbocycles. The molecule has 2 aromatic heterocycles. The molecule has 0 bridgehead atoms. The number of hydrogen-bond donors (Lipinski definition) is 0. The summed E-state index contributed by atoms with van der Waals surface area (Å²) >= 11 is 3.11. The molecule has 5 nitrogen and oxygen atoms in total. The SMILES string of the molecule is COCCCN(CC(=O)N(Cc1ccc(F)cc1)Cc1cccs1)C(=O)Cc1cccs1. The summed E-state index contributed by atoms with van der Waals surface area (Å²) in [6.45, 7) is 1.76. The van der Waals surface area contributed by atoms with E-state index in [1.165, 1.54) is 23.5 Å². The molecule has 2 amide bonds. The lowest BCUT2D eigenvalue weighted by atomic mass is 10.2. The number of amides is 2. The first-order valence-corrected chi connectivity index (χ1v) is 12.1. The zero-order valence-electron chi connectivity index (χ0n) is 18.0. The van der Waals surface area contributed by atoms with E-state index < -0.39 is 0 Å². The maximum absolute atomic E-state index is 13.3. The van der Waals surface area contributed by atoms with E-state index in [-0.39, 0.29) is 30.6 Å². The number of carbonyl (C=O) groups is 2. The Balaban J connectivity index is 1.72. The summed E-state index contributed by atoms with van der Waals surface area (Å²) in [5.41, 5.74) is 0.840. The fraction of sp³-hybridized carbons (Fsp3) is 0.333. The fourth-order valence-electron chi connectivity index (χ4n) is 3.26. The average Bonchev–Trinajstić information content (AvgIpc) is 3.48. The molecule has 0 aliphatic heterocycles. The molecule has 170 valence electrons. The Kier molecular flexibility index (Phi) is 9.40.